The Labute approximate surface area is 86.3 Å². The van der Waals surface area contributed by atoms with Crippen LogP contribution in [0.15, 0.2) is 0 Å². The van der Waals surface area contributed by atoms with Crippen LogP contribution in [-0.4, -0.2) is 25.2 Å². The van der Waals surface area contributed by atoms with Gasteiger partial charge >= 0.3 is 0 Å². The lowest BCUT2D eigenvalue weighted by atomic mass is 9.78. The second-order valence-corrected chi connectivity index (χ2v) is 7.49. The highest BCUT2D eigenvalue weighted by Gasteiger charge is 2.42. The first-order chi connectivity index (χ1) is 6.22. The van der Waals surface area contributed by atoms with Crippen LogP contribution in [0.1, 0.15) is 40.0 Å². The molecule has 0 bridgehead atoms. The minimum atomic E-state index is -3.26. The summed E-state index contributed by atoms with van der Waals surface area (Å²) in [4.78, 5) is 0. The summed E-state index contributed by atoms with van der Waals surface area (Å²) in [7, 11) is -3.26. The van der Waals surface area contributed by atoms with Crippen molar-refractivity contribution in [1.29, 1.82) is 0 Å². The van der Waals surface area contributed by atoms with Gasteiger partial charge in [0, 0.05) is 12.1 Å². The van der Waals surface area contributed by atoms with Crippen LogP contribution in [-0.2, 0) is 10.0 Å². The molecule has 5 heteroatoms. The average Bonchev–Trinajstić information content (AvgIpc) is 1.94. The highest BCUT2D eigenvalue weighted by molar-refractivity contribution is 7.90. The standard InChI is InChI=1S/C9H20N2O2S/c1-8(2,3)14(12,13)11-9(7-10)5-4-6-9/h11H,4-7,10H2,1-3H3. The SMILES string of the molecule is CC(C)(C)S(=O)(=O)NC1(CN)CCC1. The molecular formula is C9H20N2O2S. The Morgan fingerprint density at radius 1 is 1.36 bits per heavy atom. The van der Waals surface area contributed by atoms with Crippen molar-refractivity contribution in [3.63, 3.8) is 0 Å². The zero-order valence-electron chi connectivity index (χ0n) is 9.13. The van der Waals surface area contributed by atoms with Crippen LogP contribution < -0.4 is 10.5 Å². The molecule has 0 heterocycles. The summed E-state index contributed by atoms with van der Waals surface area (Å²) >= 11 is 0. The molecule has 0 atom stereocenters. The summed E-state index contributed by atoms with van der Waals surface area (Å²) in [5.74, 6) is 0. The molecule has 14 heavy (non-hydrogen) atoms. The molecule has 0 aromatic heterocycles. The topological polar surface area (TPSA) is 72.2 Å². The molecule has 1 aliphatic rings. The van der Waals surface area contributed by atoms with Crippen molar-refractivity contribution in [2.45, 2.75) is 50.3 Å². The van der Waals surface area contributed by atoms with Gasteiger partial charge in [-0.15, -0.1) is 0 Å². The third-order valence-corrected chi connectivity index (χ3v) is 5.17. The summed E-state index contributed by atoms with van der Waals surface area (Å²) in [5.41, 5.74) is 5.24. The maximum absolute atomic E-state index is 11.9. The summed E-state index contributed by atoms with van der Waals surface area (Å²) < 4.78 is 25.7. The van der Waals surface area contributed by atoms with Crippen LogP contribution in [0, 0.1) is 0 Å². The van der Waals surface area contributed by atoms with E-state index >= 15 is 0 Å². The smallest absolute Gasteiger partial charge is 0.217 e. The zero-order valence-corrected chi connectivity index (χ0v) is 9.95. The Bertz CT molecular complexity index is 294. The lowest BCUT2D eigenvalue weighted by molar-refractivity contribution is 0.229. The first kappa shape index (κ1) is 11.9. The van der Waals surface area contributed by atoms with Gasteiger partial charge in [0.2, 0.25) is 10.0 Å². The molecule has 0 aliphatic heterocycles. The van der Waals surface area contributed by atoms with Gasteiger partial charge in [-0.05, 0) is 40.0 Å². The molecule has 1 fully saturated rings. The van der Waals surface area contributed by atoms with Crippen LogP contribution in [0.3, 0.4) is 0 Å². The molecule has 0 spiro atoms. The van der Waals surface area contributed by atoms with E-state index in [0.29, 0.717) is 6.54 Å². The van der Waals surface area contributed by atoms with Crippen molar-refractivity contribution in [3.8, 4) is 0 Å². The summed E-state index contributed by atoms with van der Waals surface area (Å²) in [5, 5.41) is 0. The minimum Gasteiger partial charge on any atom is -0.329 e. The molecule has 84 valence electrons. The highest BCUT2D eigenvalue weighted by atomic mass is 32.2. The fraction of sp³-hybridized carbons (Fsp3) is 1.00. The first-order valence-electron chi connectivity index (χ1n) is 4.96. The van der Waals surface area contributed by atoms with Gasteiger partial charge < -0.3 is 5.73 Å². The molecule has 0 radical (unpaired) electrons. The van der Waals surface area contributed by atoms with Gasteiger partial charge in [-0.3, -0.25) is 0 Å². The third-order valence-electron chi connectivity index (χ3n) is 2.86. The highest BCUT2D eigenvalue weighted by Crippen LogP contribution is 2.32. The van der Waals surface area contributed by atoms with Crippen LogP contribution in [0.5, 0.6) is 0 Å². The second kappa shape index (κ2) is 3.47. The number of sulfonamides is 1. The Hall–Kier alpha value is -0.130. The average molecular weight is 220 g/mol. The maximum atomic E-state index is 11.9. The number of hydrogen-bond donors (Lipinski definition) is 2. The Balaban J connectivity index is 2.78. The van der Waals surface area contributed by atoms with E-state index in [9.17, 15) is 8.42 Å². The summed E-state index contributed by atoms with van der Waals surface area (Å²) in [6.45, 7) is 5.47. The minimum absolute atomic E-state index is 0.355. The van der Waals surface area contributed by atoms with E-state index in [4.69, 9.17) is 5.73 Å². The largest absolute Gasteiger partial charge is 0.329 e. The number of hydrogen-bond acceptors (Lipinski definition) is 3. The molecule has 1 saturated carbocycles. The maximum Gasteiger partial charge on any atom is 0.217 e. The Kier molecular flexibility index (Phi) is 2.96. The Morgan fingerprint density at radius 2 is 1.86 bits per heavy atom. The van der Waals surface area contributed by atoms with Crippen LogP contribution in [0.25, 0.3) is 0 Å². The van der Waals surface area contributed by atoms with Gasteiger partial charge in [-0.1, -0.05) is 0 Å². The van der Waals surface area contributed by atoms with Crippen molar-refractivity contribution >= 4 is 10.0 Å². The van der Waals surface area contributed by atoms with E-state index in [1.807, 2.05) is 0 Å². The lowest BCUT2D eigenvalue weighted by Gasteiger charge is -2.42. The fourth-order valence-electron chi connectivity index (χ4n) is 1.39. The fourth-order valence-corrected chi connectivity index (χ4v) is 2.55. The van der Waals surface area contributed by atoms with Crippen molar-refractivity contribution in [3.05, 3.63) is 0 Å². The molecule has 0 aromatic rings. The molecule has 0 saturated heterocycles. The number of nitrogens with one attached hydrogen (secondary N) is 1. The molecule has 0 amide bonds. The van der Waals surface area contributed by atoms with Gasteiger partial charge in [-0.25, -0.2) is 13.1 Å². The van der Waals surface area contributed by atoms with E-state index in [2.05, 4.69) is 4.72 Å². The Morgan fingerprint density at radius 3 is 2.07 bits per heavy atom. The van der Waals surface area contributed by atoms with E-state index < -0.39 is 14.8 Å². The van der Waals surface area contributed by atoms with Crippen molar-refractivity contribution in [2.75, 3.05) is 6.54 Å². The van der Waals surface area contributed by atoms with Crippen molar-refractivity contribution in [1.82, 2.24) is 4.72 Å². The third kappa shape index (κ3) is 2.10. The lowest BCUT2D eigenvalue weighted by Crippen LogP contribution is -2.60. The van der Waals surface area contributed by atoms with Gasteiger partial charge in [0.05, 0.1) is 4.75 Å². The predicted molar refractivity (Wildman–Crippen MR) is 57.4 cm³/mol. The van der Waals surface area contributed by atoms with E-state index in [0.717, 1.165) is 19.3 Å². The molecular weight excluding hydrogens is 200 g/mol. The first-order valence-corrected chi connectivity index (χ1v) is 6.44. The molecule has 0 aromatic carbocycles. The molecule has 4 nitrogen and oxygen atoms in total. The zero-order chi connectivity index (χ0) is 11.0. The van der Waals surface area contributed by atoms with Gasteiger partial charge in [0.15, 0.2) is 0 Å². The molecule has 0 unspecified atom stereocenters. The van der Waals surface area contributed by atoms with Crippen LogP contribution in [0.4, 0.5) is 0 Å². The van der Waals surface area contributed by atoms with E-state index in [-0.39, 0.29) is 5.54 Å². The molecule has 1 aliphatic carbocycles. The second-order valence-electron chi connectivity index (χ2n) is 5.06. The normalized spacial score (nSPS) is 21.7. The number of rotatable bonds is 3. The van der Waals surface area contributed by atoms with E-state index in [1.165, 1.54) is 0 Å². The monoisotopic (exact) mass is 220 g/mol. The summed E-state index contributed by atoms with van der Waals surface area (Å²) in [6, 6.07) is 0. The predicted octanol–water partition coefficient (Wildman–Crippen LogP) is 0.586. The van der Waals surface area contributed by atoms with Crippen molar-refractivity contribution in [2.24, 2.45) is 5.73 Å². The van der Waals surface area contributed by atoms with E-state index in [1.54, 1.807) is 20.8 Å². The quantitative estimate of drug-likeness (QED) is 0.731. The van der Waals surface area contributed by atoms with Gasteiger partial charge in [-0.2, -0.15) is 0 Å². The molecule has 3 N–H and O–H groups in total. The number of nitrogens with two attached hydrogens (primary N) is 1. The summed E-state index contributed by atoms with van der Waals surface area (Å²) in [6.07, 6.45) is 2.78. The van der Waals surface area contributed by atoms with Crippen LogP contribution >= 0.6 is 0 Å². The van der Waals surface area contributed by atoms with Gasteiger partial charge in [0.1, 0.15) is 0 Å². The van der Waals surface area contributed by atoms with Crippen molar-refractivity contribution < 1.29 is 8.42 Å². The molecule has 1 rings (SSSR count). The van der Waals surface area contributed by atoms with Crippen LogP contribution in [0.2, 0.25) is 0 Å². The van der Waals surface area contributed by atoms with Gasteiger partial charge in [0.25, 0.3) is 0 Å².